The number of aromatic nitrogens is 1. The van der Waals surface area contributed by atoms with Crippen LogP contribution in [0.15, 0.2) is 6.20 Å². The Hall–Kier alpha value is -0.940. The first kappa shape index (κ1) is 13.1. The minimum Gasteiger partial charge on any atom is -0.369 e. The van der Waals surface area contributed by atoms with E-state index < -0.39 is 5.60 Å². The summed E-state index contributed by atoms with van der Waals surface area (Å²) in [5.74, 6) is -0.129. The summed E-state index contributed by atoms with van der Waals surface area (Å²) in [6, 6.07) is -0.0828. The highest BCUT2D eigenvalue weighted by Crippen LogP contribution is 2.20. The van der Waals surface area contributed by atoms with Crippen LogP contribution in [0, 0.1) is 6.92 Å². The van der Waals surface area contributed by atoms with Crippen LogP contribution in [0.2, 0.25) is 0 Å². The predicted molar refractivity (Wildman–Crippen MR) is 64.5 cm³/mol. The van der Waals surface area contributed by atoms with E-state index in [1.165, 1.54) is 7.11 Å². The monoisotopic (exact) mass is 242 g/mol. The lowest BCUT2D eigenvalue weighted by Crippen LogP contribution is -2.44. The van der Waals surface area contributed by atoms with Gasteiger partial charge in [0.25, 0.3) is 5.91 Å². The molecule has 1 aromatic rings. The second-order valence-corrected chi connectivity index (χ2v) is 5.49. The molecule has 0 saturated heterocycles. The highest BCUT2D eigenvalue weighted by atomic mass is 32.1. The lowest BCUT2D eigenvalue weighted by Gasteiger charge is -2.23. The number of nitrogens with zero attached hydrogens (tertiary/aromatic N) is 1. The van der Waals surface area contributed by atoms with Gasteiger partial charge in [-0.2, -0.15) is 0 Å². The number of ether oxygens (including phenoxy) is 1. The molecule has 1 heterocycles. The molecule has 0 bridgehead atoms. The van der Waals surface area contributed by atoms with Gasteiger partial charge in [0.2, 0.25) is 0 Å². The molecule has 1 N–H and O–H groups in total. The SMILES string of the molecule is COC(C)(C)C(=O)NC(C)c1ncc(C)s1. The Morgan fingerprint density at radius 2 is 2.25 bits per heavy atom. The third-order valence-corrected chi connectivity index (χ3v) is 3.51. The largest absolute Gasteiger partial charge is 0.369 e. The smallest absolute Gasteiger partial charge is 0.252 e. The number of thiazole rings is 1. The standard InChI is InChI=1S/C11H18N2O2S/c1-7-6-12-9(16-7)8(2)13-10(14)11(3,4)15-5/h6,8H,1-5H3,(H,13,14). The number of nitrogens with one attached hydrogen (secondary N) is 1. The minimum atomic E-state index is -0.805. The number of methoxy groups -OCH3 is 1. The number of carbonyl (C=O) groups is 1. The fourth-order valence-corrected chi connectivity index (χ4v) is 1.87. The Labute approximate surface area is 100 Å². The number of aryl methyl sites for hydroxylation is 1. The fourth-order valence-electron chi connectivity index (χ4n) is 1.10. The third-order valence-electron chi connectivity index (χ3n) is 2.41. The molecule has 1 aromatic heterocycles. The van der Waals surface area contributed by atoms with Crippen molar-refractivity contribution >= 4 is 17.2 Å². The molecule has 1 atom stereocenters. The van der Waals surface area contributed by atoms with Crippen molar-refractivity contribution in [3.05, 3.63) is 16.1 Å². The molecule has 16 heavy (non-hydrogen) atoms. The molecule has 0 spiro atoms. The Bertz CT molecular complexity index is 374. The van der Waals surface area contributed by atoms with E-state index in [1.54, 1.807) is 25.2 Å². The van der Waals surface area contributed by atoms with Gasteiger partial charge in [0.15, 0.2) is 0 Å². The van der Waals surface area contributed by atoms with Gasteiger partial charge < -0.3 is 10.1 Å². The summed E-state index contributed by atoms with van der Waals surface area (Å²) in [6.07, 6.45) is 1.81. The Morgan fingerprint density at radius 3 is 2.69 bits per heavy atom. The first-order valence-electron chi connectivity index (χ1n) is 5.15. The van der Waals surface area contributed by atoms with E-state index >= 15 is 0 Å². The van der Waals surface area contributed by atoms with Crippen molar-refractivity contribution in [3.63, 3.8) is 0 Å². The quantitative estimate of drug-likeness (QED) is 0.879. The zero-order chi connectivity index (χ0) is 12.3. The lowest BCUT2D eigenvalue weighted by molar-refractivity contribution is -0.140. The molecule has 0 fully saturated rings. The van der Waals surface area contributed by atoms with E-state index in [1.807, 2.05) is 20.0 Å². The molecular weight excluding hydrogens is 224 g/mol. The van der Waals surface area contributed by atoms with E-state index in [9.17, 15) is 4.79 Å². The van der Waals surface area contributed by atoms with E-state index in [4.69, 9.17) is 4.74 Å². The first-order valence-corrected chi connectivity index (χ1v) is 5.97. The highest BCUT2D eigenvalue weighted by Gasteiger charge is 2.28. The van der Waals surface area contributed by atoms with Gasteiger partial charge in [0.1, 0.15) is 10.6 Å². The van der Waals surface area contributed by atoms with Crippen LogP contribution in [0.1, 0.15) is 36.7 Å². The average Bonchev–Trinajstić information content (AvgIpc) is 2.64. The van der Waals surface area contributed by atoms with Crippen LogP contribution in [0.3, 0.4) is 0 Å². The molecule has 1 rings (SSSR count). The highest BCUT2D eigenvalue weighted by molar-refractivity contribution is 7.11. The second-order valence-electron chi connectivity index (χ2n) is 4.22. The minimum absolute atomic E-state index is 0.0828. The van der Waals surface area contributed by atoms with Gasteiger partial charge in [0.05, 0.1) is 6.04 Å². The van der Waals surface area contributed by atoms with E-state index in [0.29, 0.717) is 0 Å². The van der Waals surface area contributed by atoms with Crippen LogP contribution >= 0.6 is 11.3 Å². The number of rotatable bonds is 4. The van der Waals surface area contributed by atoms with E-state index in [-0.39, 0.29) is 11.9 Å². The number of carbonyl (C=O) groups excluding carboxylic acids is 1. The van der Waals surface area contributed by atoms with Crippen molar-refractivity contribution in [3.8, 4) is 0 Å². The molecule has 0 aromatic carbocycles. The van der Waals surface area contributed by atoms with E-state index in [2.05, 4.69) is 10.3 Å². The Balaban J connectivity index is 2.65. The van der Waals surface area contributed by atoms with Crippen molar-refractivity contribution in [2.45, 2.75) is 39.3 Å². The van der Waals surface area contributed by atoms with Crippen LogP contribution in [0.25, 0.3) is 0 Å². The summed E-state index contributed by atoms with van der Waals surface area (Å²) in [7, 11) is 1.53. The number of amides is 1. The number of hydrogen-bond donors (Lipinski definition) is 1. The van der Waals surface area contributed by atoms with Crippen molar-refractivity contribution < 1.29 is 9.53 Å². The van der Waals surface area contributed by atoms with Gasteiger partial charge in [-0.3, -0.25) is 4.79 Å². The summed E-state index contributed by atoms with van der Waals surface area (Å²) in [4.78, 5) is 17.2. The second kappa shape index (κ2) is 4.93. The summed E-state index contributed by atoms with van der Waals surface area (Å²) < 4.78 is 5.11. The molecule has 0 radical (unpaired) electrons. The van der Waals surface area contributed by atoms with Gasteiger partial charge in [-0.05, 0) is 27.7 Å². The maximum atomic E-state index is 11.8. The maximum Gasteiger partial charge on any atom is 0.252 e. The van der Waals surface area contributed by atoms with Crippen LogP contribution in [-0.2, 0) is 9.53 Å². The lowest BCUT2D eigenvalue weighted by atomic mass is 10.1. The maximum absolute atomic E-state index is 11.8. The van der Waals surface area contributed by atoms with Gasteiger partial charge in [-0.1, -0.05) is 0 Å². The molecular formula is C11H18N2O2S. The van der Waals surface area contributed by atoms with Gasteiger partial charge in [-0.15, -0.1) is 11.3 Å². The molecule has 4 nitrogen and oxygen atoms in total. The van der Waals surface area contributed by atoms with Crippen molar-refractivity contribution in [2.75, 3.05) is 7.11 Å². The van der Waals surface area contributed by atoms with Crippen LogP contribution in [0.5, 0.6) is 0 Å². The van der Waals surface area contributed by atoms with Crippen molar-refractivity contribution in [1.82, 2.24) is 10.3 Å². The third kappa shape index (κ3) is 3.02. The van der Waals surface area contributed by atoms with Crippen LogP contribution in [0.4, 0.5) is 0 Å². The Morgan fingerprint density at radius 1 is 1.62 bits per heavy atom. The molecule has 0 aliphatic heterocycles. The average molecular weight is 242 g/mol. The van der Waals surface area contributed by atoms with Crippen LogP contribution < -0.4 is 5.32 Å². The molecule has 0 aliphatic rings. The Kier molecular flexibility index (Phi) is 4.04. The van der Waals surface area contributed by atoms with Crippen LogP contribution in [-0.4, -0.2) is 23.6 Å². The molecule has 1 unspecified atom stereocenters. The topological polar surface area (TPSA) is 51.2 Å². The first-order chi connectivity index (χ1) is 7.36. The molecule has 5 heteroatoms. The zero-order valence-corrected chi connectivity index (χ0v) is 11.1. The van der Waals surface area contributed by atoms with Gasteiger partial charge >= 0.3 is 0 Å². The molecule has 1 amide bonds. The van der Waals surface area contributed by atoms with Gasteiger partial charge in [0, 0.05) is 18.2 Å². The van der Waals surface area contributed by atoms with E-state index in [0.717, 1.165) is 9.88 Å². The van der Waals surface area contributed by atoms with Crippen molar-refractivity contribution in [2.24, 2.45) is 0 Å². The summed E-state index contributed by atoms with van der Waals surface area (Å²) in [6.45, 7) is 7.39. The predicted octanol–water partition coefficient (Wildman–Crippen LogP) is 2.05. The summed E-state index contributed by atoms with van der Waals surface area (Å²) in [5.41, 5.74) is -0.805. The molecule has 0 saturated carbocycles. The van der Waals surface area contributed by atoms with Gasteiger partial charge in [-0.25, -0.2) is 4.98 Å². The summed E-state index contributed by atoms with van der Waals surface area (Å²) in [5, 5.41) is 3.80. The summed E-state index contributed by atoms with van der Waals surface area (Å²) >= 11 is 1.59. The molecule has 90 valence electrons. The fraction of sp³-hybridized carbons (Fsp3) is 0.636. The molecule has 0 aliphatic carbocycles. The normalized spacial score (nSPS) is 13.6. The van der Waals surface area contributed by atoms with Crippen molar-refractivity contribution in [1.29, 1.82) is 0 Å². The zero-order valence-electron chi connectivity index (χ0n) is 10.3. The number of hydrogen-bond acceptors (Lipinski definition) is 4.